The van der Waals surface area contributed by atoms with Crippen molar-refractivity contribution < 1.29 is 9.53 Å². The molecule has 1 N–H and O–H groups in total. The summed E-state index contributed by atoms with van der Waals surface area (Å²) < 4.78 is 4.77. The molecule has 72 valence electrons. The van der Waals surface area contributed by atoms with Crippen LogP contribution in [0.3, 0.4) is 0 Å². The summed E-state index contributed by atoms with van der Waals surface area (Å²) in [7, 11) is 1.59. The van der Waals surface area contributed by atoms with E-state index < -0.39 is 0 Å². The first-order chi connectivity index (χ1) is 6.33. The van der Waals surface area contributed by atoms with Crippen LogP contribution < -0.4 is 5.32 Å². The topological polar surface area (TPSA) is 38.3 Å². The summed E-state index contributed by atoms with van der Waals surface area (Å²) in [6.45, 7) is 0.807. The second kappa shape index (κ2) is 5.85. The van der Waals surface area contributed by atoms with Crippen molar-refractivity contribution in [3.63, 3.8) is 0 Å². The van der Waals surface area contributed by atoms with E-state index in [0.717, 1.165) is 4.88 Å². The van der Waals surface area contributed by atoms with E-state index in [1.54, 1.807) is 18.4 Å². The van der Waals surface area contributed by atoms with Crippen LogP contribution in [0.5, 0.6) is 0 Å². The summed E-state index contributed by atoms with van der Waals surface area (Å²) in [6, 6.07) is 3.93. The Kier molecular flexibility index (Phi) is 4.67. The van der Waals surface area contributed by atoms with Crippen LogP contribution in [0.15, 0.2) is 17.5 Å². The number of rotatable bonds is 6. The molecule has 0 aliphatic heterocycles. The monoisotopic (exact) mass is 199 g/mol. The third-order valence-electron chi connectivity index (χ3n) is 1.52. The molecule has 0 aliphatic rings. The number of thiophene rings is 1. The minimum Gasteiger partial charge on any atom is -0.370 e. The van der Waals surface area contributed by atoms with Gasteiger partial charge in [-0.3, -0.25) is 10.1 Å². The summed E-state index contributed by atoms with van der Waals surface area (Å²) in [5.41, 5.74) is 0. The third-order valence-corrected chi connectivity index (χ3v) is 2.40. The maximum absolute atomic E-state index is 11.3. The molecule has 0 fully saturated rings. The van der Waals surface area contributed by atoms with Crippen molar-refractivity contribution in [3.8, 4) is 0 Å². The molecule has 0 bridgehead atoms. The number of Topliss-reactive ketones (excluding diaryl/α,β-unsaturated/α-hetero) is 1. The Hall–Kier alpha value is -0.710. The number of carbonyl (C=O) groups excluding carboxylic acids is 1. The Morgan fingerprint density at radius 1 is 1.69 bits per heavy atom. The fraction of sp³-hybridized carbons (Fsp3) is 0.444. The molecule has 3 nitrogen and oxygen atoms in total. The average Bonchev–Trinajstić information content (AvgIpc) is 2.57. The lowest BCUT2D eigenvalue weighted by Gasteiger charge is -2.00. The highest BCUT2D eigenvalue weighted by atomic mass is 32.1. The van der Waals surface area contributed by atoms with Gasteiger partial charge in [-0.2, -0.15) is 0 Å². The molecular weight excluding hydrogens is 186 g/mol. The first-order valence-corrected chi connectivity index (χ1v) is 4.94. The summed E-state index contributed by atoms with van der Waals surface area (Å²) in [6.07, 6.45) is 0.522. The van der Waals surface area contributed by atoms with Gasteiger partial charge in [-0.15, -0.1) is 11.3 Å². The van der Waals surface area contributed by atoms with Crippen molar-refractivity contribution >= 4 is 17.1 Å². The molecule has 0 unspecified atom stereocenters. The molecule has 0 amide bonds. The molecule has 1 heterocycles. The number of methoxy groups -OCH3 is 1. The Labute approximate surface area is 81.7 Å². The van der Waals surface area contributed by atoms with Gasteiger partial charge >= 0.3 is 0 Å². The normalized spacial score (nSPS) is 10.2. The van der Waals surface area contributed by atoms with Crippen LogP contribution in [0, 0.1) is 0 Å². The maximum atomic E-state index is 11.3. The van der Waals surface area contributed by atoms with Crippen LogP contribution in [0.2, 0.25) is 0 Å². The Morgan fingerprint density at radius 2 is 2.54 bits per heavy atom. The lowest BCUT2D eigenvalue weighted by atomic mass is 10.2. The van der Waals surface area contributed by atoms with E-state index in [4.69, 9.17) is 4.74 Å². The highest BCUT2D eigenvalue weighted by Crippen LogP contribution is 2.08. The summed E-state index contributed by atoms with van der Waals surface area (Å²) in [5.74, 6) is 0.194. The zero-order valence-electron chi connectivity index (χ0n) is 7.58. The van der Waals surface area contributed by atoms with E-state index in [-0.39, 0.29) is 5.78 Å². The van der Waals surface area contributed by atoms with Crippen molar-refractivity contribution in [2.45, 2.75) is 6.42 Å². The van der Waals surface area contributed by atoms with Gasteiger partial charge in [-0.1, -0.05) is 6.07 Å². The minimum absolute atomic E-state index is 0.194. The molecule has 0 aromatic carbocycles. The predicted octanol–water partition coefficient (Wildman–Crippen LogP) is 1.05. The minimum atomic E-state index is 0.194. The lowest BCUT2D eigenvalue weighted by Crippen LogP contribution is -2.25. The zero-order chi connectivity index (χ0) is 9.52. The van der Waals surface area contributed by atoms with Gasteiger partial charge in [0.2, 0.25) is 0 Å². The summed E-state index contributed by atoms with van der Waals surface area (Å²) >= 11 is 1.61. The second-order valence-corrected chi connectivity index (χ2v) is 3.69. The molecule has 4 heteroatoms. The van der Waals surface area contributed by atoms with Crippen LogP contribution in [0.1, 0.15) is 4.88 Å². The number of ether oxygens (including phenoxy) is 1. The van der Waals surface area contributed by atoms with Gasteiger partial charge in [0.05, 0.1) is 13.3 Å². The second-order valence-electron chi connectivity index (χ2n) is 2.65. The van der Waals surface area contributed by atoms with Crippen molar-refractivity contribution in [3.05, 3.63) is 22.4 Å². The van der Waals surface area contributed by atoms with Gasteiger partial charge in [-0.05, 0) is 11.4 Å². The molecule has 1 aromatic rings. The van der Waals surface area contributed by atoms with Gasteiger partial charge in [0, 0.05) is 18.4 Å². The molecule has 0 aliphatic carbocycles. The number of carbonyl (C=O) groups is 1. The number of hydrogen-bond donors (Lipinski definition) is 1. The van der Waals surface area contributed by atoms with Gasteiger partial charge in [0.1, 0.15) is 0 Å². The number of hydrogen-bond acceptors (Lipinski definition) is 4. The smallest absolute Gasteiger partial charge is 0.151 e. The van der Waals surface area contributed by atoms with Gasteiger partial charge < -0.3 is 4.74 Å². The fourth-order valence-electron chi connectivity index (χ4n) is 0.963. The molecule has 1 aromatic heterocycles. The van der Waals surface area contributed by atoms with Crippen LogP contribution in [0.4, 0.5) is 0 Å². The van der Waals surface area contributed by atoms with Crippen LogP contribution in [0.25, 0.3) is 0 Å². The van der Waals surface area contributed by atoms with Crippen LogP contribution >= 0.6 is 11.3 Å². The van der Waals surface area contributed by atoms with Crippen molar-refractivity contribution in [1.29, 1.82) is 0 Å². The quantitative estimate of drug-likeness (QED) is 0.550. The molecular formula is C9H13NO2S. The molecule has 0 spiro atoms. The molecule has 0 radical (unpaired) electrons. The lowest BCUT2D eigenvalue weighted by molar-refractivity contribution is -0.117. The first kappa shape index (κ1) is 10.4. The van der Waals surface area contributed by atoms with Crippen molar-refractivity contribution in [2.24, 2.45) is 0 Å². The molecule has 13 heavy (non-hydrogen) atoms. The highest BCUT2D eigenvalue weighted by molar-refractivity contribution is 7.10. The Balaban J connectivity index is 2.18. The largest absolute Gasteiger partial charge is 0.370 e. The highest BCUT2D eigenvalue weighted by Gasteiger charge is 2.02. The van der Waals surface area contributed by atoms with Crippen LogP contribution in [-0.4, -0.2) is 26.2 Å². The van der Waals surface area contributed by atoms with E-state index in [1.807, 2.05) is 17.5 Å². The van der Waals surface area contributed by atoms with Crippen molar-refractivity contribution in [1.82, 2.24) is 5.32 Å². The van der Waals surface area contributed by atoms with Gasteiger partial charge in [-0.25, -0.2) is 0 Å². The van der Waals surface area contributed by atoms with E-state index in [1.165, 1.54) is 0 Å². The standard InChI is InChI=1S/C9H13NO2S/c1-12-7-10-6-8(11)5-9-3-2-4-13-9/h2-4,10H,5-7H2,1H3. The molecule has 0 saturated heterocycles. The van der Waals surface area contributed by atoms with Gasteiger partial charge in [0.25, 0.3) is 0 Å². The van der Waals surface area contributed by atoms with E-state index in [2.05, 4.69) is 5.32 Å². The van der Waals surface area contributed by atoms with E-state index in [9.17, 15) is 4.79 Å². The van der Waals surface area contributed by atoms with E-state index in [0.29, 0.717) is 19.7 Å². The summed E-state index contributed by atoms with van der Waals surface area (Å²) in [5, 5.41) is 4.86. The third kappa shape index (κ3) is 4.17. The summed E-state index contributed by atoms with van der Waals surface area (Å²) in [4.78, 5) is 12.4. The number of nitrogens with one attached hydrogen (secondary N) is 1. The van der Waals surface area contributed by atoms with Gasteiger partial charge in [0.15, 0.2) is 5.78 Å². The Morgan fingerprint density at radius 3 is 3.15 bits per heavy atom. The van der Waals surface area contributed by atoms with Crippen LogP contribution in [-0.2, 0) is 16.0 Å². The number of ketones is 1. The van der Waals surface area contributed by atoms with Crippen molar-refractivity contribution in [2.75, 3.05) is 20.4 Å². The maximum Gasteiger partial charge on any atom is 0.151 e. The molecule has 0 saturated carbocycles. The zero-order valence-corrected chi connectivity index (χ0v) is 8.39. The Bertz CT molecular complexity index is 246. The first-order valence-electron chi connectivity index (χ1n) is 4.06. The SMILES string of the molecule is COCNCC(=O)Cc1cccs1. The molecule has 0 atom stereocenters. The fourth-order valence-corrected chi connectivity index (χ4v) is 1.70. The molecule has 1 rings (SSSR count). The predicted molar refractivity (Wildman–Crippen MR) is 52.9 cm³/mol. The average molecular weight is 199 g/mol. The van der Waals surface area contributed by atoms with E-state index >= 15 is 0 Å².